The van der Waals surface area contributed by atoms with Gasteiger partial charge in [-0.2, -0.15) is 0 Å². The molecule has 0 saturated carbocycles. The number of phenols is 1. The summed E-state index contributed by atoms with van der Waals surface area (Å²) in [6.07, 6.45) is 4.89. The van der Waals surface area contributed by atoms with Gasteiger partial charge in [0.05, 0.1) is 17.6 Å². The highest BCUT2D eigenvalue weighted by atomic mass is 16.5. The molecule has 144 valence electrons. The number of carbonyl (C=O) groups excluding carboxylic acids is 1. The van der Waals surface area contributed by atoms with Crippen LogP contribution in [0, 0.1) is 5.92 Å². The number of aryl methyl sites for hydroxylation is 1. The van der Waals surface area contributed by atoms with Crippen LogP contribution in [-0.4, -0.2) is 28.2 Å². The van der Waals surface area contributed by atoms with Crippen LogP contribution in [0.1, 0.15) is 55.6 Å². The summed E-state index contributed by atoms with van der Waals surface area (Å²) >= 11 is 0. The number of ether oxygens (including phenoxy) is 1. The van der Waals surface area contributed by atoms with E-state index in [9.17, 15) is 19.8 Å². The Bertz CT molecular complexity index is 996. The van der Waals surface area contributed by atoms with Crippen molar-refractivity contribution >= 4 is 22.8 Å². The van der Waals surface area contributed by atoms with Crippen molar-refractivity contribution in [2.75, 3.05) is 6.61 Å². The Balaban J connectivity index is 2.49. The molecule has 2 N–H and O–H groups in total. The minimum Gasteiger partial charge on any atom is -0.506 e. The van der Waals surface area contributed by atoms with Gasteiger partial charge >= 0.3 is 5.63 Å². The van der Waals surface area contributed by atoms with Crippen molar-refractivity contribution in [3.63, 3.8) is 0 Å². The van der Waals surface area contributed by atoms with Crippen LogP contribution < -0.4 is 10.4 Å². The molecule has 1 aliphatic rings. The lowest BCUT2D eigenvalue weighted by Crippen LogP contribution is -2.28. The molecule has 0 radical (unpaired) electrons. The summed E-state index contributed by atoms with van der Waals surface area (Å²) < 4.78 is 11.5. The molecule has 0 saturated heterocycles. The van der Waals surface area contributed by atoms with Gasteiger partial charge in [-0.1, -0.05) is 20.3 Å². The molecule has 6 nitrogen and oxygen atoms in total. The number of aliphatic hydroxyl groups is 1. The molecule has 0 fully saturated rings. The van der Waals surface area contributed by atoms with Crippen LogP contribution in [0.4, 0.5) is 0 Å². The maximum absolute atomic E-state index is 12.9. The highest BCUT2D eigenvalue weighted by molar-refractivity contribution is 6.13. The Labute approximate surface area is 157 Å². The van der Waals surface area contributed by atoms with Crippen molar-refractivity contribution in [2.45, 2.75) is 46.1 Å². The van der Waals surface area contributed by atoms with E-state index in [4.69, 9.17) is 9.15 Å². The topological polar surface area (TPSA) is 97.0 Å². The number of phenolic OH excluding ortho intramolecular Hbond substituents is 1. The first kappa shape index (κ1) is 19.2. The summed E-state index contributed by atoms with van der Waals surface area (Å²) in [5.41, 5.74) is -0.206. The first-order chi connectivity index (χ1) is 12.7. The van der Waals surface area contributed by atoms with Crippen molar-refractivity contribution in [1.29, 1.82) is 0 Å². The van der Waals surface area contributed by atoms with Gasteiger partial charge in [-0.25, -0.2) is 4.79 Å². The van der Waals surface area contributed by atoms with E-state index in [-0.39, 0.29) is 23.5 Å². The molecule has 3 rings (SSSR count). The van der Waals surface area contributed by atoms with E-state index >= 15 is 0 Å². The lowest BCUT2D eigenvalue weighted by Gasteiger charge is -2.30. The zero-order chi connectivity index (χ0) is 19.9. The predicted octanol–water partition coefficient (Wildman–Crippen LogP) is 3.45. The molecule has 0 bridgehead atoms. The molecule has 1 aromatic carbocycles. The van der Waals surface area contributed by atoms with Gasteiger partial charge in [-0.15, -0.1) is 0 Å². The van der Waals surface area contributed by atoms with Crippen LogP contribution in [-0.2, 0) is 6.42 Å². The molecule has 27 heavy (non-hydrogen) atoms. The first-order valence-corrected chi connectivity index (χ1v) is 9.09. The van der Waals surface area contributed by atoms with Crippen LogP contribution in [0.3, 0.4) is 0 Å². The third-order valence-electron chi connectivity index (χ3n) is 4.74. The maximum Gasteiger partial charge on any atom is 0.336 e. The molecule has 0 aliphatic carbocycles. The molecular weight excluding hydrogens is 348 g/mol. The highest BCUT2D eigenvalue weighted by Gasteiger charge is 2.33. The monoisotopic (exact) mass is 372 g/mol. The highest BCUT2D eigenvalue weighted by Crippen LogP contribution is 2.46. The van der Waals surface area contributed by atoms with Gasteiger partial charge in [-0.3, -0.25) is 4.79 Å². The van der Waals surface area contributed by atoms with Crippen molar-refractivity contribution < 1.29 is 24.2 Å². The van der Waals surface area contributed by atoms with Gasteiger partial charge in [-0.05, 0) is 38.0 Å². The van der Waals surface area contributed by atoms with Crippen LogP contribution >= 0.6 is 0 Å². The quantitative estimate of drug-likeness (QED) is 0.616. The summed E-state index contributed by atoms with van der Waals surface area (Å²) in [6, 6.07) is 1.40. The summed E-state index contributed by atoms with van der Waals surface area (Å²) in [5, 5.41) is 20.8. The minimum atomic E-state index is -0.748. The Morgan fingerprint density at radius 1 is 1.33 bits per heavy atom. The maximum atomic E-state index is 12.9. The third kappa shape index (κ3) is 3.25. The van der Waals surface area contributed by atoms with E-state index in [2.05, 4.69) is 0 Å². The number of benzene rings is 1. The zero-order valence-electron chi connectivity index (χ0n) is 16.0. The SMILES string of the molecule is CCCc1cc(=O)oc2c(C(=O)C(C)CO)c(O)c3c(c12)OC(C)(C)C=C3. The van der Waals surface area contributed by atoms with Crippen molar-refractivity contribution in [3.8, 4) is 11.5 Å². The normalized spacial score (nSPS) is 16.0. The van der Waals surface area contributed by atoms with Gasteiger partial charge in [0.25, 0.3) is 0 Å². The number of hydrogen-bond acceptors (Lipinski definition) is 6. The molecule has 1 aliphatic heterocycles. The van der Waals surface area contributed by atoms with Gasteiger partial charge < -0.3 is 19.4 Å². The fourth-order valence-electron chi connectivity index (χ4n) is 3.32. The molecule has 0 spiro atoms. The van der Waals surface area contributed by atoms with Crippen LogP contribution in [0.2, 0.25) is 0 Å². The second-order valence-corrected chi connectivity index (χ2v) is 7.50. The van der Waals surface area contributed by atoms with E-state index < -0.39 is 22.9 Å². The van der Waals surface area contributed by atoms with Crippen LogP contribution in [0.15, 0.2) is 21.4 Å². The van der Waals surface area contributed by atoms with Gasteiger partial charge in [0.1, 0.15) is 22.7 Å². The molecule has 1 atom stereocenters. The number of rotatable bonds is 5. The van der Waals surface area contributed by atoms with E-state index in [1.165, 1.54) is 6.07 Å². The standard InChI is InChI=1S/C21H24O6/c1-5-6-12-9-14(23)26-20-15(12)19-13(7-8-21(3,4)27-19)18(25)16(20)17(24)11(2)10-22/h7-9,11,22,25H,5-6,10H2,1-4H3. The summed E-state index contributed by atoms with van der Waals surface area (Å²) in [5.74, 6) is -1.14. The lowest BCUT2D eigenvalue weighted by atomic mass is 9.90. The fourth-order valence-corrected chi connectivity index (χ4v) is 3.32. The first-order valence-electron chi connectivity index (χ1n) is 9.09. The second-order valence-electron chi connectivity index (χ2n) is 7.50. The van der Waals surface area contributed by atoms with Gasteiger partial charge in [0.15, 0.2) is 11.4 Å². The van der Waals surface area contributed by atoms with E-state index in [0.717, 1.165) is 6.42 Å². The smallest absolute Gasteiger partial charge is 0.336 e. The molecule has 1 unspecified atom stereocenters. The number of aliphatic hydroxyl groups excluding tert-OH is 1. The van der Waals surface area contributed by atoms with Crippen LogP contribution in [0.25, 0.3) is 17.0 Å². The van der Waals surface area contributed by atoms with E-state index in [1.54, 1.807) is 19.1 Å². The summed E-state index contributed by atoms with van der Waals surface area (Å²) in [7, 11) is 0. The number of carbonyl (C=O) groups is 1. The molecular formula is C21H24O6. The summed E-state index contributed by atoms with van der Waals surface area (Å²) in [4.78, 5) is 25.0. The second kappa shape index (κ2) is 6.85. The molecule has 1 aromatic heterocycles. The Morgan fingerprint density at radius 3 is 2.67 bits per heavy atom. The predicted molar refractivity (Wildman–Crippen MR) is 102 cm³/mol. The van der Waals surface area contributed by atoms with Crippen molar-refractivity contribution in [1.82, 2.24) is 0 Å². The average Bonchev–Trinajstić information content (AvgIpc) is 2.59. The van der Waals surface area contributed by atoms with Gasteiger partial charge in [0, 0.05) is 12.0 Å². The number of hydrogen-bond donors (Lipinski definition) is 2. The molecule has 2 aromatic rings. The Hall–Kier alpha value is -2.60. The third-order valence-corrected chi connectivity index (χ3v) is 4.74. The average molecular weight is 372 g/mol. The van der Waals surface area contributed by atoms with E-state index in [1.807, 2.05) is 20.8 Å². The van der Waals surface area contributed by atoms with Gasteiger partial charge in [0.2, 0.25) is 0 Å². The summed E-state index contributed by atoms with van der Waals surface area (Å²) in [6.45, 7) is 6.91. The van der Waals surface area contributed by atoms with Crippen molar-refractivity contribution in [2.24, 2.45) is 5.92 Å². The lowest BCUT2D eigenvalue weighted by molar-refractivity contribution is 0.0875. The zero-order valence-corrected chi connectivity index (χ0v) is 16.0. The largest absolute Gasteiger partial charge is 0.506 e. The minimum absolute atomic E-state index is 0.0126. The number of fused-ring (bicyclic) bond motifs is 3. The van der Waals surface area contributed by atoms with Crippen molar-refractivity contribution in [3.05, 3.63) is 39.3 Å². The molecule has 2 heterocycles. The Morgan fingerprint density at radius 2 is 2.04 bits per heavy atom. The number of ketones is 1. The Kier molecular flexibility index (Phi) is 4.86. The number of Topliss-reactive ketones (excluding diaryl/α,β-unsaturated/α-hetero) is 1. The molecule has 6 heteroatoms. The van der Waals surface area contributed by atoms with Crippen LogP contribution in [0.5, 0.6) is 11.5 Å². The van der Waals surface area contributed by atoms with E-state index in [0.29, 0.717) is 28.7 Å². The number of aromatic hydroxyl groups is 1. The molecule has 0 amide bonds. The fraction of sp³-hybridized carbons (Fsp3) is 0.429.